The molecule has 6 nitrogen and oxygen atoms in total. The number of rotatable bonds is 4. The molecule has 0 aliphatic heterocycles. The van der Waals surface area contributed by atoms with Gasteiger partial charge in [-0.15, -0.1) is 0 Å². The zero-order valence-corrected chi connectivity index (χ0v) is 10.4. The smallest absolute Gasteiger partial charge is 0.271 e. The molecule has 0 aliphatic rings. The van der Waals surface area contributed by atoms with Gasteiger partial charge >= 0.3 is 0 Å². The standard InChI is InChI=1S/C11H11ClN4O2/c1-2-18-8-4-3-6(12)5-7(8)9-10(11(13)17)15-16-14-9/h3-5H,2H2,1H3,(H2,13,17)(H,14,15,16). The van der Waals surface area contributed by atoms with Gasteiger partial charge in [0.05, 0.1) is 6.61 Å². The number of halogens is 1. The monoisotopic (exact) mass is 266 g/mol. The Balaban J connectivity index is 2.58. The fourth-order valence-electron chi connectivity index (χ4n) is 1.56. The van der Waals surface area contributed by atoms with E-state index < -0.39 is 5.91 Å². The summed E-state index contributed by atoms with van der Waals surface area (Å²) in [4.78, 5) is 11.2. The molecule has 0 radical (unpaired) electrons. The summed E-state index contributed by atoms with van der Waals surface area (Å²) < 4.78 is 5.46. The van der Waals surface area contributed by atoms with Gasteiger partial charge in [0.1, 0.15) is 11.4 Å². The summed E-state index contributed by atoms with van der Waals surface area (Å²) in [6.45, 7) is 2.34. The van der Waals surface area contributed by atoms with E-state index in [2.05, 4.69) is 15.4 Å². The Morgan fingerprint density at radius 2 is 2.28 bits per heavy atom. The van der Waals surface area contributed by atoms with Crippen LogP contribution in [0.5, 0.6) is 5.75 Å². The molecule has 1 aromatic carbocycles. The summed E-state index contributed by atoms with van der Waals surface area (Å²) in [6, 6.07) is 5.05. The molecule has 0 atom stereocenters. The minimum atomic E-state index is -0.666. The number of aromatic nitrogens is 3. The van der Waals surface area contributed by atoms with E-state index >= 15 is 0 Å². The molecule has 18 heavy (non-hydrogen) atoms. The lowest BCUT2D eigenvalue weighted by atomic mass is 10.1. The van der Waals surface area contributed by atoms with Crippen molar-refractivity contribution in [2.75, 3.05) is 6.61 Å². The predicted molar refractivity (Wildman–Crippen MR) is 66.5 cm³/mol. The number of ether oxygens (including phenoxy) is 1. The van der Waals surface area contributed by atoms with Crippen molar-refractivity contribution in [2.24, 2.45) is 5.73 Å². The minimum absolute atomic E-state index is 0.0539. The van der Waals surface area contributed by atoms with Crippen molar-refractivity contribution in [1.29, 1.82) is 0 Å². The number of hydrogen-bond acceptors (Lipinski definition) is 4. The summed E-state index contributed by atoms with van der Waals surface area (Å²) in [7, 11) is 0. The molecular weight excluding hydrogens is 256 g/mol. The summed E-state index contributed by atoms with van der Waals surface area (Å²) >= 11 is 5.94. The topological polar surface area (TPSA) is 93.9 Å². The van der Waals surface area contributed by atoms with Crippen molar-refractivity contribution in [3.63, 3.8) is 0 Å². The van der Waals surface area contributed by atoms with Crippen LogP contribution in [0.25, 0.3) is 11.3 Å². The number of carbonyl (C=O) groups is 1. The van der Waals surface area contributed by atoms with E-state index in [1.807, 2.05) is 6.92 Å². The van der Waals surface area contributed by atoms with Crippen molar-refractivity contribution in [1.82, 2.24) is 15.4 Å². The Hall–Kier alpha value is -2.08. The van der Waals surface area contributed by atoms with Crippen molar-refractivity contribution in [2.45, 2.75) is 6.92 Å². The van der Waals surface area contributed by atoms with Crippen LogP contribution in [-0.2, 0) is 0 Å². The SMILES string of the molecule is CCOc1ccc(Cl)cc1-c1n[nH]nc1C(N)=O. The number of benzene rings is 1. The first-order chi connectivity index (χ1) is 8.63. The molecule has 1 heterocycles. The lowest BCUT2D eigenvalue weighted by Crippen LogP contribution is -2.13. The second kappa shape index (κ2) is 5.05. The van der Waals surface area contributed by atoms with Gasteiger partial charge in [0.2, 0.25) is 0 Å². The Morgan fingerprint density at radius 1 is 1.50 bits per heavy atom. The average Bonchev–Trinajstić information content (AvgIpc) is 2.80. The molecule has 0 saturated carbocycles. The van der Waals surface area contributed by atoms with Crippen LogP contribution < -0.4 is 10.5 Å². The van der Waals surface area contributed by atoms with Gasteiger partial charge < -0.3 is 10.5 Å². The molecule has 0 aliphatic carbocycles. The number of amides is 1. The molecule has 3 N–H and O–H groups in total. The van der Waals surface area contributed by atoms with Gasteiger partial charge in [0, 0.05) is 10.6 Å². The highest BCUT2D eigenvalue weighted by atomic mass is 35.5. The van der Waals surface area contributed by atoms with Crippen LogP contribution in [0.3, 0.4) is 0 Å². The highest BCUT2D eigenvalue weighted by Crippen LogP contribution is 2.32. The van der Waals surface area contributed by atoms with E-state index in [-0.39, 0.29) is 5.69 Å². The van der Waals surface area contributed by atoms with Crippen molar-refractivity contribution in [3.8, 4) is 17.0 Å². The number of nitrogens with two attached hydrogens (primary N) is 1. The summed E-state index contributed by atoms with van der Waals surface area (Å²) in [5, 5.41) is 10.5. The van der Waals surface area contributed by atoms with Gasteiger partial charge in [-0.1, -0.05) is 11.6 Å². The zero-order chi connectivity index (χ0) is 13.1. The quantitative estimate of drug-likeness (QED) is 0.879. The Bertz CT molecular complexity index is 582. The highest BCUT2D eigenvalue weighted by Gasteiger charge is 2.19. The largest absolute Gasteiger partial charge is 0.493 e. The third-order valence-corrected chi connectivity index (χ3v) is 2.51. The van der Waals surface area contributed by atoms with Crippen LogP contribution in [0.1, 0.15) is 17.4 Å². The molecule has 7 heteroatoms. The summed E-state index contributed by atoms with van der Waals surface area (Å²) in [5.41, 5.74) is 6.18. The van der Waals surface area contributed by atoms with Crippen LogP contribution in [0.4, 0.5) is 0 Å². The Labute approximate surface area is 108 Å². The molecule has 0 bridgehead atoms. The normalized spacial score (nSPS) is 10.3. The number of carbonyl (C=O) groups excluding carboxylic acids is 1. The van der Waals surface area contributed by atoms with Gasteiger partial charge in [-0.3, -0.25) is 4.79 Å². The first-order valence-corrected chi connectivity index (χ1v) is 5.64. The second-order valence-corrected chi connectivity index (χ2v) is 3.90. The molecule has 2 aromatic rings. The Kier molecular flexibility index (Phi) is 3.47. The average molecular weight is 267 g/mol. The molecule has 2 rings (SSSR count). The molecule has 1 aromatic heterocycles. The molecule has 94 valence electrons. The van der Waals surface area contributed by atoms with Crippen LogP contribution >= 0.6 is 11.6 Å². The van der Waals surface area contributed by atoms with Crippen molar-refractivity contribution >= 4 is 17.5 Å². The lowest BCUT2D eigenvalue weighted by Gasteiger charge is -2.08. The number of nitrogens with zero attached hydrogens (tertiary/aromatic N) is 2. The predicted octanol–water partition coefficient (Wildman–Crippen LogP) is 1.62. The summed E-state index contributed by atoms with van der Waals surface area (Å²) in [5.74, 6) is -0.0977. The van der Waals surface area contributed by atoms with Crippen molar-refractivity contribution < 1.29 is 9.53 Å². The second-order valence-electron chi connectivity index (χ2n) is 3.46. The first-order valence-electron chi connectivity index (χ1n) is 5.26. The Morgan fingerprint density at radius 3 is 2.94 bits per heavy atom. The molecule has 0 spiro atoms. The number of hydrogen-bond donors (Lipinski definition) is 2. The fourth-order valence-corrected chi connectivity index (χ4v) is 1.73. The van der Waals surface area contributed by atoms with E-state index in [0.717, 1.165) is 0 Å². The molecule has 0 saturated heterocycles. The van der Waals surface area contributed by atoms with Gasteiger partial charge in [-0.25, -0.2) is 0 Å². The van der Waals surface area contributed by atoms with Gasteiger partial charge in [-0.05, 0) is 25.1 Å². The van der Waals surface area contributed by atoms with Crippen LogP contribution in [-0.4, -0.2) is 27.9 Å². The van der Waals surface area contributed by atoms with Gasteiger partial charge in [0.15, 0.2) is 5.69 Å². The number of primary amides is 1. The summed E-state index contributed by atoms with van der Waals surface area (Å²) in [6.07, 6.45) is 0. The maximum atomic E-state index is 11.2. The zero-order valence-electron chi connectivity index (χ0n) is 9.61. The maximum absolute atomic E-state index is 11.2. The highest BCUT2D eigenvalue weighted by molar-refractivity contribution is 6.31. The van der Waals surface area contributed by atoms with Crippen LogP contribution in [0, 0.1) is 0 Å². The van der Waals surface area contributed by atoms with E-state index in [4.69, 9.17) is 22.1 Å². The molecule has 0 fully saturated rings. The molecule has 0 unspecified atom stereocenters. The van der Waals surface area contributed by atoms with E-state index in [9.17, 15) is 4.79 Å². The van der Waals surface area contributed by atoms with E-state index in [1.165, 1.54) is 0 Å². The number of H-pyrrole nitrogens is 1. The molecule has 1 amide bonds. The number of aromatic amines is 1. The maximum Gasteiger partial charge on any atom is 0.271 e. The minimum Gasteiger partial charge on any atom is -0.493 e. The number of nitrogens with one attached hydrogen (secondary N) is 1. The van der Waals surface area contributed by atoms with Crippen LogP contribution in [0.2, 0.25) is 5.02 Å². The third-order valence-electron chi connectivity index (χ3n) is 2.28. The van der Waals surface area contributed by atoms with E-state index in [0.29, 0.717) is 28.6 Å². The first kappa shape index (κ1) is 12.4. The van der Waals surface area contributed by atoms with E-state index in [1.54, 1.807) is 18.2 Å². The molecular formula is C11H11ClN4O2. The van der Waals surface area contributed by atoms with Gasteiger partial charge in [0.25, 0.3) is 5.91 Å². The lowest BCUT2D eigenvalue weighted by molar-refractivity contribution is 0.0996. The van der Waals surface area contributed by atoms with Crippen molar-refractivity contribution in [3.05, 3.63) is 28.9 Å². The fraction of sp³-hybridized carbons (Fsp3) is 0.182. The third kappa shape index (κ3) is 2.28. The van der Waals surface area contributed by atoms with Crippen LogP contribution in [0.15, 0.2) is 18.2 Å². The van der Waals surface area contributed by atoms with Gasteiger partial charge in [-0.2, -0.15) is 15.4 Å².